The number of methoxy groups -OCH3 is 1. The van der Waals surface area contributed by atoms with Crippen LogP contribution in [0, 0.1) is 6.92 Å². The zero-order valence-corrected chi connectivity index (χ0v) is 10.7. The number of benzene rings is 1. The van der Waals surface area contributed by atoms with E-state index in [1.165, 1.54) is 0 Å². The van der Waals surface area contributed by atoms with Crippen molar-refractivity contribution < 1.29 is 14.3 Å². The third-order valence-electron chi connectivity index (χ3n) is 3.07. The highest BCUT2D eigenvalue weighted by atomic mass is 16.6. The van der Waals surface area contributed by atoms with Crippen molar-refractivity contribution in [3.8, 4) is 11.5 Å². The molecule has 1 aromatic rings. The summed E-state index contributed by atoms with van der Waals surface area (Å²) in [6.07, 6.45) is 0.999. The van der Waals surface area contributed by atoms with Gasteiger partial charge < -0.3 is 14.3 Å². The Morgan fingerprint density at radius 2 is 2.12 bits per heavy atom. The van der Waals surface area contributed by atoms with Crippen LogP contribution in [0.4, 0.5) is 0 Å². The van der Waals surface area contributed by atoms with Gasteiger partial charge in [-0.2, -0.15) is 5.48 Å². The number of hydroxylamine groups is 1. The zero-order chi connectivity index (χ0) is 12.4. The van der Waals surface area contributed by atoms with Gasteiger partial charge in [-0.15, -0.1) is 0 Å². The van der Waals surface area contributed by atoms with Crippen LogP contribution in [0.3, 0.4) is 0 Å². The highest BCUT2D eigenvalue weighted by Gasteiger charge is 2.35. The van der Waals surface area contributed by atoms with Crippen LogP contribution in [0.15, 0.2) is 12.1 Å². The standard InChI is InChI=1S/C13H19NO3/c1-5-10-12(14-16-4)9-6-8(2)7-11(15-3)13(9)17-10/h6-7,10,12,14H,5H2,1-4H3. The van der Waals surface area contributed by atoms with E-state index in [-0.39, 0.29) is 12.1 Å². The summed E-state index contributed by atoms with van der Waals surface area (Å²) >= 11 is 0. The molecular formula is C13H19NO3. The number of aryl methyl sites for hydroxylation is 1. The molecule has 1 aliphatic heterocycles. The Morgan fingerprint density at radius 3 is 2.71 bits per heavy atom. The lowest BCUT2D eigenvalue weighted by Crippen LogP contribution is -2.29. The largest absolute Gasteiger partial charge is 0.493 e. The molecule has 94 valence electrons. The lowest BCUT2D eigenvalue weighted by atomic mass is 10.0. The summed E-state index contributed by atoms with van der Waals surface area (Å²) in [4.78, 5) is 5.06. The molecule has 0 radical (unpaired) electrons. The summed E-state index contributed by atoms with van der Waals surface area (Å²) in [5, 5.41) is 0. The Morgan fingerprint density at radius 1 is 1.35 bits per heavy atom. The van der Waals surface area contributed by atoms with Gasteiger partial charge in [0.25, 0.3) is 0 Å². The van der Waals surface area contributed by atoms with Gasteiger partial charge in [0.2, 0.25) is 0 Å². The molecule has 0 saturated carbocycles. The van der Waals surface area contributed by atoms with Gasteiger partial charge in [-0.05, 0) is 25.0 Å². The van der Waals surface area contributed by atoms with Crippen LogP contribution < -0.4 is 15.0 Å². The highest BCUT2D eigenvalue weighted by molar-refractivity contribution is 5.53. The molecule has 4 heteroatoms. The van der Waals surface area contributed by atoms with Crippen molar-refractivity contribution in [3.63, 3.8) is 0 Å². The molecule has 0 spiro atoms. The Balaban J connectivity index is 2.43. The summed E-state index contributed by atoms with van der Waals surface area (Å²) in [7, 11) is 3.29. The molecule has 0 aliphatic carbocycles. The molecule has 4 nitrogen and oxygen atoms in total. The first-order chi connectivity index (χ1) is 8.21. The van der Waals surface area contributed by atoms with E-state index in [0.29, 0.717) is 0 Å². The molecule has 1 N–H and O–H groups in total. The second kappa shape index (κ2) is 4.94. The fraction of sp³-hybridized carbons (Fsp3) is 0.538. The summed E-state index contributed by atoms with van der Waals surface area (Å²) < 4.78 is 11.3. The van der Waals surface area contributed by atoms with E-state index in [1.54, 1.807) is 14.2 Å². The van der Waals surface area contributed by atoms with Gasteiger partial charge in [-0.3, -0.25) is 0 Å². The summed E-state index contributed by atoms with van der Waals surface area (Å²) in [5.74, 6) is 1.62. The minimum Gasteiger partial charge on any atom is -0.493 e. The maximum Gasteiger partial charge on any atom is 0.166 e. The molecule has 0 saturated heterocycles. The van der Waals surface area contributed by atoms with Crippen LogP contribution >= 0.6 is 0 Å². The highest BCUT2D eigenvalue weighted by Crippen LogP contribution is 2.44. The van der Waals surface area contributed by atoms with Crippen molar-refractivity contribution in [1.82, 2.24) is 5.48 Å². The van der Waals surface area contributed by atoms with Gasteiger partial charge in [0, 0.05) is 5.56 Å². The first kappa shape index (κ1) is 12.2. The lowest BCUT2D eigenvalue weighted by molar-refractivity contribution is 0.0281. The third kappa shape index (κ3) is 2.10. The van der Waals surface area contributed by atoms with E-state index in [9.17, 15) is 0 Å². The molecule has 1 aromatic carbocycles. The van der Waals surface area contributed by atoms with Crippen molar-refractivity contribution in [1.29, 1.82) is 0 Å². The minimum atomic E-state index is 0.0637. The minimum absolute atomic E-state index is 0.0637. The normalized spacial score (nSPS) is 22.1. The van der Waals surface area contributed by atoms with Crippen LogP contribution in [0.5, 0.6) is 11.5 Å². The first-order valence-electron chi connectivity index (χ1n) is 5.85. The number of ether oxygens (including phenoxy) is 2. The maximum atomic E-state index is 5.93. The molecule has 0 amide bonds. The quantitative estimate of drug-likeness (QED) is 0.816. The molecule has 2 unspecified atom stereocenters. The third-order valence-corrected chi connectivity index (χ3v) is 3.07. The molecule has 0 bridgehead atoms. The van der Waals surface area contributed by atoms with Gasteiger partial charge in [0.05, 0.1) is 20.3 Å². The predicted molar refractivity (Wildman–Crippen MR) is 65.3 cm³/mol. The van der Waals surface area contributed by atoms with Crippen LogP contribution in [0.2, 0.25) is 0 Å². The average molecular weight is 237 g/mol. The fourth-order valence-electron chi connectivity index (χ4n) is 2.28. The zero-order valence-electron chi connectivity index (χ0n) is 10.7. The molecule has 1 heterocycles. The van der Waals surface area contributed by atoms with Crippen molar-refractivity contribution in [2.45, 2.75) is 32.4 Å². The number of hydrogen-bond donors (Lipinski definition) is 1. The summed E-state index contributed by atoms with van der Waals surface area (Å²) in [6.45, 7) is 4.14. The van der Waals surface area contributed by atoms with Crippen molar-refractivity contribution in [2.24, 2.45) is 0 Å². The predicted octanol–water partition coefficient (Wildman–Crippen LogP) is 2.37. The average Bonchev–Trinajstić information content (AvgIpc) is 2.67. The summed E-state index contributed by atoms with van der Waals surface area (Å²) in [6, 6.07) is 4.17. The van der Waals surface area contributed by atoms with Gasteiger partial charge in [-0.25, -0.2) is 0 Å². The van der Waals surface area contributed by atoms with E-state index in [1.807, 2.05) is 13.0 Å². The number of fused-ring (bicyclic) bond motifs is 1. The van der Waals surface area contributed by atoms with Gasteiger partial charge >= 0.3 is 0 Å². The van der Waals surface area contributed by atoms with Crippen LogP contribution in [-0.4, -0.2) is 20.3 Å². The molecule has 17 heavy (non-hydrogen) atoms. The van der Waals surface area contributed by atoms with Crippen molar-refractivity contribution in [2.75, 3.05) is 14.2 Å². The van der Waals surface area contributed by atoms with Crippen LogP contribution in [-0.2, 0) is 4.84 Å². The van der Waals surface area contributed by atoms with Gasteiger partial charge in [0.15, 0.2) is 11.5 Å². The fourth-order valence-corrected chi connectivity index (χ4v) is 2.28. The Bertz CT molecular complexity index is 406. The number of rotatable bonds is 4. The molecular weight excluding hydrogens is 218 g/mol. The molecule has 0 aromatic heterocycles. The van der Waals surface area contributed by atoms with E-state index in [2.05, 4.69) is 18.5 Å². The Hall–Kier alpha value is -1.26. The lowest BCUT2D eigenvalue weighted by Gasteiger charge is -2.17. The number of hydrogen-bond acceptors (Lipinski definition) is 4. The number of nitrogens with one attached hydrogen (secondary N) is 1. The van der Waals surface area contributed by atoms with Gasteiger partial charge in [-0.1, -0.05) is 13.0 Å². The second-order valence-electron chi connectivity index (χ2n) is 4.25. The van der Waals surface area contributed by atoms with E-state index >= 15 is 0 Å². The second-order valence-corrected chi connectivity index (χ2v) is 4.25. The molecule has 1 aliphatic rings. The van der Waals surface area contributed by atoms with E-state index < -0.39 is 0 Å². The SMILES string of the molecule is CCC1Oc2c(OC)cc(C)cc2C1NOC. The van der Waals surface area contributed by atoms with Crippen LogP contribution in [0.1, 0.15) is 30.5 Å². The van der Waals surface area contributed by atoms with Gasteiger partial charge in [0.1, 0.15) is 6.10 Å². The Labute approximate surface area is 102 Å². The smallest absolute Gasteiger partial charge is 0.166 e. The van der Waals surface area contributed by atoms with Crippen molar-refractivity contribution in [3.05, 3.63) is 23.3 Å². The molecule has 2 atom stereocenters. The molecule has 0 fully saturated rings. The summed E-state index contributed by atoms with van der Waals surface area (Å²) in [5.41, 5.74) is 5.26. The van der Waals surface area contributed by atoms with E-state index in [0.717, 1.165) is 29.0 Å². The molecule has 2 rings (SSSR count). The topological polar surface area (TPSA) is 39.7 Å². The van der Waals surface area contributed by atoms with E-state index in [4.69, 9.17) is 14.3 Å². The Kier molecular flexibility index (Phi) is 3.54. The van der Waals surface area contributed by atoms with Crippen molar-refractivity contribution >= 4 is 0 Å². The maximum absolute atomic E-state index is 5.93. The monoisotopic (exact) mass is 237 g/mol. The first-order valence-corrected chi connectivity index (χ1v) is 5.85. The van der Waals surface area contributed by atoms with Crippen LogP contribution in [0.25, 0.3) is 0 Å².